The molecule has 1 amide bonds. The van der Waals surface area contributed by atoms with Gasteiger partial charge in [0.1, 0.15) is 5.56 Å². The molecule has 1 fully saturated rings. The third-order valence-corrected chi connectivity index (χ3v) is 3.15. The van der Waals surface area contributed by atoms with Crippen LogP contribution in [-0.4, -0.2) is 40.1 Å². The molecule has 1 aliphatic heterocycles. The fraction of sp³-hybridized carbons (Fsp3) is 0.500. The molecule has 17 heavy (non-hydrogen) atoms. The average Bonchev–Trinajstić information content (AvgIpc) is 2.38. The molecule has 0 bridgehead atoms. The SMILES string of the molecule is O=C(c1ccc[nH]c1=O)N1CCCCC1CO. The number of piperidine rings is 1. The Hall–Kier alpha value is -1.62. The van der Waals surface area contributed by atoms with Gasteiger partial charge in [-0.3, -0.25) is 9.59 Å². The molecule has 0 aromatic carbocycles. The van der Waals surface area contributed by atoms with Crippen molar-refractivity contribution < 1.29 is 9.90 Å². The number of likely N-dealkylation sites (tertiary alicyclic amines) is 1. The van der Waals surface area contributed by atoms with Crippen molar-refractivity contribution in [3.8, 4) is 0 Å². The summed E-state index contributed by atoms with van der Waals surface area (Å²) in [5.74, 6) is -0.286. The van der Waals surface area contributed by atoms with Crippen LogP contribution in [-0.2, 0) is 0 Å². The third kappa shape index (κ3) is 2.39. The van der Waals surface area contributed by atoms with Crippen molar-refractivity contribution in [2.45, 2.75) is 25.3 Å². The Kier molecular flexibility index (Phi) is 3.58. The molecule has 0 radical (unpaired) electrons. The maximum Gasteiger partial charge on any atom is 0.260 e. The number of nitrogens with one attached hydrogen (secondary N) is 1. The highest BCUT2D eigenvalue weighted by atomic mass is 16.3. The zero-order valence-corrected chi connectivity index (χ0v) is 9.56. The first-order valence-electron chi connectivity index (χ1n) is 5.83. The fourth-order valence-corrected chi connectivity index (χ4v) is 2.20. The van der Waals surface area contributed by atoms with Crippen LogP contribution in [0.15, 0.2) is 23.1 Å². The van der Waals surface area contributed by atoms with Crippen molar-refractivity contribution in [2.24, 2.45) is 0 Å². The van der Waals surface area contributed by atoms with Crippen LogP contribution in [0.1, 0.15) is 29.6 Å². The molecule has 1 aromatic rings. The molecule has 5 nitrogen and oxygen atoms in total. The lowest BCUT2D eigenvalue weighted by molar-refractivity contribution is 0.0501. The lowest BCUT2D eigenvalue weighted by Gasteiger charge is -2.34. The molecule has 0 saturated carbocycles. The van der Waals surface area contributed by atoms with Gasteiger partial charge in [-0.05, 0) is 31.4 Å². The van der Waals surface area contributed by atoms with Crippen molar-refractivity contribution in [1.29, 1.82) is 0 Å². The smallest absolute Gasteiger partial charge is 0.260 e. The number of rotatable bonds is 2. The number of aromatic nitrogens is 1. The van der Waals surface area contributed by atoms with Crippen LogP contribution in [0.3, 0.4) is 0 Å². The summed E-state index contributed by atoms with van der Waals surface area (Å²) in [7, 11) is 0. The van der Waals surface area contributed by atoms with Crippen molar-refractivity contribution in [3.63, 3.8) is 0 Å². The predicted octanol–water partition coefficient (Wildman–Crippen LogP) is 0.362. The normalized spacial score (nSPS) is 20.3. The van der Waals surface area contributed by atoms with Crippen LogP contribution >= 0.6 is 0 Å². The second-order valence-electron chi connectivity index (χ2n) is 4.24. The van der Waals surface area contributed by atoms with Crippen LogP contribution in [0.5, 0.6) is 0 Å². The predicted molar refractivity (Wildman–Crippen MR) is 62.8 cm³/mol. The number of H-pyrrole nitrogens is 1. The maximum atomic E-state index is 12.2. The Labute approximate surface area is 99.1 Å². The summed E-state index contributed by atoms with van der Waals surface area (Å²) in [6.45, 7) is 0.564. The highest BCUT2D eigenvalue weighted by molar-refractivity contribution is 5.94. The summed E-state index contributed by atoms with van der Waals surface area (Å²) in [6, 6.07) is 2.99. The lowest BCUT2D eigenvalue weighted by atomic mass is 10.0. The zero-order chi connectivity index (χ0) is 12.3. The van der Waals surface area contributed by atoms with Gasteiger partial charge in [-0.1, -0.05) is 0 Å². The van der Waals surface area contributed by atoms with E-state index in [0.717, 1.165) is 19.3 Å². The number of carbonyl (C=O) groups excluding carboxylic acids is 1. The molecule has 1 aliphatic rings. The van der Waals surface area contributed by atoms with Gasteiger partial charge in [-0.15, -0.1) is 0 Å². The van der Waals surface area contributed by atoms with Crippen molar-refractivity contribution >= 4 is 5.91 Å². The van der Waals surface area contributed by atoms with E-state index in [1.807, 2.05) is 0 Å². The number of amides is 1. The van der Waals surface area contributed by atoms with E-state index in [1.165, 1.54) is 12.3 Å². The molecule has 0 spiro atoms. The molecular weight excluding hydrogens is 220 g/mol. The van der Waals surface area contributed by atoms with Crippen LogP contribution < -0.4 is 5.56 Å². The number of aliphatic hydroxyl groups excluding tert-OH is 1. The minimum atomic E-state index is -0.375. The van der Waals surface area contributed by atoms with Crippen molar-refractivity contribution in [1.82, 2.24) is 9.88 Å². The minimum absolute atomic E-state index is 0.0452. The number of hydrogen-bond acceptors (Lipinski definition) is 3. The van der Waals surface area contributed by atoms with E-state index in [4.69, 9.17) is 0 Å². The summed E-state index contributed by atoms with van der Waals surface area (Å²) >= 11 is 0. The number of hydrogen-bond donors (Lipinski definition) is 2. The second-order valence-corrected chi connectivity index (χ2v) is 4.24. The molecule has 2 rings (SSSR count). The molecule has 92 valence electrons. The van der Waals surface area contributed by atoms with E-state index >= 15 is 0 Å². The van der Waals surface area contributed by atoms with Gasteiger partial charge in [0, 0.05) is 12.7 Å². The number of aliphatic hydroxyl groups is 1. The summed E-state index contributed by atoms with van der Waals surface area (Å²) in [5.41, 5.74) is -0.229. The number of nitrogens with zero attached hydrogens (tertiary/aromatic N) is 1. The Morgan fingerprint density at radius 2 is 2.35 bits per heavy atom. The third-order valence-electron chi connectivity index (χ3n) is 3.15. The van der Waals surface area contributed by atoms with E-state index in [0.29, 0.717) is 6.54 Å². The van der Waals surface area contributed by atoms with Gasteiger partial charge in [0.2, 0.25) is 0 Å². The Balaban J connectivity index is 2.24. The van der Waals surface area contributed by atoms with Gasteiger partial charge >= 0.3 is 0 Å². The summed E-state index contributed by atoms with van der Waals surface area (Å²) in [5, 5.41) is 9.25. The van der Waals surface area contributed by atoms with Gasteiger partial charge < -0.3 is 15.0 Å². The van der Waals surface area contributed by atoms with Crippen LogP contribution in [0.2, 0.25) is 0 Å². The van der Waals surface area contributed by atoms with Crippen LogP contribution in [0, 0.1) is 0 Å². The molecule has 2 N–H and O–H groups in total. The Bertz CT molecular complexity index is 455. The number of carbonyl (C=O) groups is 1. The average molecular weight is 236 g/mol. The van der Waals surface area contributed by atoms with E-state index in [1.54, 1.807) is 11.0 Å². The summed E-state index contributed by atoms with van der Waals surface area (Å²) in [4.78, 5) is 27.8. The van der Waals surface area contributed by atoms with Gasteiger partial charge in [-0.25, -0.2) is 0 Å². The molecule has 2 heterocycles. The minimum Gasteiger partial charge on any atom is -0.394 e. The number of aromatic amines is 1. The molecule has 1 aromatic heterocycles. The van der Waals surface area contributed by atoms with Crippen molar-refractivity contribution in [2.75, 3.05) is 13.2 Å². The van der Waals surface area contributed by atoms with Crippen LogP contribution in [0.25, 0.3) is 0 Å². The highest BCUT2D eigenvalue weighted by Gasteiger charge is 2.27. The zero-order valence-electron chi connectivity index (χ0n) is 9.56. The maximum absolute atomic E-state index is 12.2. The Morgan fingerprint density at radius 1 is 1.53 bits per heavy atom. The quantitative estimate of drug-likeness (QED) is 0.778. The van der Waals surface area contributed by atoms with E-state index in [-0.39, 0.29) is 29.7 Å². The van der Waals surface area contributed by atoms with E-state index in [2.05, 4.69) is 4.98 Å². The van der Waals surface area contributed by atoms with Gasteiger partial charge in [0.05, 0.1) is 12.6 Å². The molecule has 1 saturated heterocycles. The van der Waals surface area contributed by atoms with Crippen LogP contribution in [0.4, 0.5) is 0 Å². The lowest BCUT2D eigenvalue weighted by Crippen LogP contribution is -2.46. The largest absolute Gasteiger partial charge is 0.394 e. The topological polar surface area (TPSA) is 73.4 Å². The van der Waals surface area contributed by atoms with Gasteiger partial charge in [0.25, 0.3) is 11.5 Å². The molecule has 5 heteroatoms. The molecular formula is C12H16N2O3. The monoisotopic (exact) mass is 236 g/mol. The van der Waals surface area contributed by atoms with Crippen molar-refractivity contribution in [3.05, 3.63) is 34.2 Å². The Morgan fingerprint density at radius 3 is 3.06 bits per heavy atom. The standard InChI is InChI=1S/C12H16N2O3/c15-8-9-4-1-2-7-14(9)12(17)10-5-3-6-13-11(10)16/h3,5-6,9,15H,1-2,4,7-8H2,(H,13,16). The fourth-order valence-electron chi connectivity index (χ4n) is 2.20. The highest BCUT2D eigenvalue weighted by Crippen LogP contribution is 2.18. The first-order valence-corrected chi connectivity index (χ1v) is 5.83. The number of pyridine rings is 1. The molecule has 1 unspecified atom stereocenters. The second kappa shape index (κ2) is 5.14. The summed E-state index contributed by atoms with van der Waals surface area (Å²) < 4.78 is 0. The molecule has 1 atom stereocenters. The first kappa shape index (κ1) is 11.9. The van der Waals surface area contributed by atoms with Gasteiger partial charge in [0.15, 0.2) is 0 Å². The van der Waals surface area contributed by atoms with E-state index < -0.39 is 0 Å². The molecule has 0 aliphatic carbocycles. The first-order chi connectivity index (χ1) is 8.24. The van der Waals surface area contributed by atoms with E-state index in [9.17, 15) is 14.7 Å². The summed E-state index contributed by atoms with van der Waals surface area (Å²) in [6.07, 6.45) is 4.24. The van der Waals surface area contributed by atoms with Gasteiger partial charge in [-0.2, -0.15) is 0 Å².